The van der Waals surface area contributed by atoms with E-state index in [2.05, 4.69) is 31.9 Å². The van der Waals surface area contributed by atoms with E-state index in [0.717, 1.165) is 4.31 Å². The van der Waals surface area contributed by atoms with E-state index in [1.807, 2.05) is 0 Å². The average Bonchev–Trinajstić information content (AvgIpc) is 2.84. The zero-order valence-electron chi connectivity index (χ0n) is 13.8. The van der Waals surface area contributed by atoms with Gasteiger partial charge in [0.15, 0.2) is 9.84 Å². The van der Waals surface area contributed by atoms with Crippen LogP contribution in [-0.2, 0) is 19.9 Å². The first-order valence-corrected chi connectivity index (χ1v) is 12.6. The Morgan fingerprint density at radius 3 is 2.26 bits per heavy atom. The number of hydrogen-bond acceptors (Lipinski definition) is 6. The number of benzene rings is 2. The lowest BCUT2D eigenvalue weighted by atomic mass is 10.2. The first-order chi connectivity index (χ1) is 12.5. The van der Waals surface area contributed by atoms with E-state index < -0.39 is 43.5 Å². The maximum Gasteiger partial charge on any atom is 0.265 e. The van der Waals surface area contributed by atoms with Crippen LogP contribution in [-0.4, -0.2) is 45.6 Å². The summed E-state index contributed by atoms with van der Waals surface area (Å²) < 4.78 is 52.8. The SMILES string of the molecule is Nc1ccc(N([C@H]2CS(=O)(=O)C[C@@H]2O)S(=O)(=O)c2cc(Br)ccc2Br)cc1. The molecule has 1 saturated heterocycles. The van der Waals surface area contributed by atoms with E-state index >= 15 is 0 Å². The summed E-state index contributed by atoms with van der Waals surface area (Å²) >= 11 is 6.49. The van der Waals surface area contributed by atoms with Gasteiger partial charge in [-0.2, -0.15) is 0 Å². The number of aliphatic hydroxyl groups is 1. The monoisotopic (exact) mass is 538 g/mol. The van der Waals surface area contributed by atoms with Gasteiger partial charge in [-0.05, 0) is 58.4 Å². The fraction of sp³-hybridized carbons (Fsp3) is 0.250. The Hall–Kier alpha value is -1.14. The number of sulfonamides is 1. The summed E-state index contributed by atoms with van der Waals surface area (Å²) in [7, 11) is -7.76. The van der Waals surface area contributed by atoms with Crippen LogP contribution in [0, 0.1) is 0 Å². The minimum atomic E-state index is -4.20. The number of sulfone groups is 1. The van der Waals surface area contributed by atoms with E-state index in [9.17, 15) is 21.9 Å². The normalized spacial score (nSPS) is 21.9. The highest BCUT2D eigenvalue weighted by Gasteiger charge is 2.45. The van der Waals surface area contributed by atoms with Gasteiger partial charge in [0, 0.05) is 14.6 Å². The molecule has 11 heteroatoms. The van der Waals surface area contributed by atoms with Crippen LogP contribution in [0.4, 0.5) is 11.4 Å². The molecule has 146 valence electrons. The Bertz CT molecular complexity index is 1070. The molecule has 7 nitrogen and oxygen atoms in total. The molecule has 0 amide bonds. The van der Waals surface area contributed by atoms with Crippen LogP contribution in [0.2, 0.25) is 0 Å². The molecule has 0 spiro atoms. The van der Waals surface area contributed by atoms with Gasteiger partial charge in [-0.25, -0.2) is 16.8 Å². The second kappa shape index (κ2) is 7.36. The van der Waals surface area contributed by atoms with Crippen molar-refractivity contribution in [3.63, 3.8) is 0 Å². The molecule has 3 rings (SSSR count). The van der Waals surface area contributed by atoms with Gasteiger partial charge in [0.1, 0.15) is 4.90 Å². The van der Waals surface area contributed by atoms with Crippen molar-refractivity contribution < 1.29 is 21.9 Å². The molecule has 27 heavy (non-hydrogen) atoms. The highest BCUT2D eigenvalue weighted by molar-refractivity contribution is 9.11. The van der Waals surface area contributed by atoms with Gasteiger partial charge < -0.3 is 10.8 Å². The highest BCUT2D eigenvalue weighted by Crippen LogP contribution is 2.35. The molecule has 0 aliphatic carbocycles. The zero-order valence-corrected chi connectivity index (χ0v) is 18.6. The lowest BCUT2D eigenvalue weighted by molar-refractivity contribution is 0.184. The van der Waals surface area contributed by atoms with Crippen molar-refractivity contribution in [2.45, 2.75) is 17.0 Å². The average molecular weight is 540 g/mol. The third-order valence-corrected chi connectivity index (χ3v) is 9.21. The lowest BCUT2D eigenvalue weighted by Crippen LogP contribution is -2.47. The van der Waals surface area contributed by atoms with E-state index in [1.165, 1.54) is 30.3 Å². The number of halogens is 2. The standard InChI is InChI=1S/C16H16Br2N2O5S2/c17-10-1-6-13(18)16(7-10)27(24,25)20(12-4-2-11(19)3-5-12)14-8-26(22,23)9-15(14)21/h1-7,14-15,21H,8-9,19H2/t14-,15-/m0/s1. The Kier molecular flexibility index (Phi) is 5.61. The fourth-order valence-corrected chi connectivity index (χ4v) is 7.96. The minimum Gasteiger partial charge on any atom is -0.399 e. The number of nitrogens with zero attached hydrogens (tertiary/aromatic N) is 1. The van der Waals surface area contributed by atoms with Crippen LogP contribution in [0.5, 0.6) is 0 Å². The molecular weight excluding hydrogens is 524 g/mol. The number of nitrogens with two attached hydrogens (primary N) is 1. The quantitative estimate of drug-likeness (QED) is 0.575. The van der Waals surface area contributed by atoms with Gasteiger partial charge >= 0.3 is 0 Å². The number of hydrogen-bond donors (Lipinski definition) is 2. The van der Waals surface area contributed by atoms with E-state index in [0.29, 0.717) is 14.6 Å². The Morgan fingerprint density at radius 2 is 1.70 bits per heavy atom. The summed E-state index contributed by atoms with van der Waals surface area (Å²) in [4.78, 5) is -0.0507. The first-order valence-electron chi connectivity index (χ1n) is 7.75. The number of anilines is 2. The van der Waals surface area contributed by atoms with Crippen LogP contribution < -0.4 is 10.0 Å². The second-order valence-electron chi connectivity index (χ2n) is 6.18. The lowest BCUT2D eigenvalue weighted by Gasteiger charge is -2.31. The highest BCUT2D eigenvalue weighted by atomic mass is 79.9. The summed E-state index contributed by atoms with van der Waals surface area (Å²) in [5.41, 5.74) is 6.34. The van der Waals surface area contributed by atoms with Gasteiger partial charge in [0.05, 0.1) is 29.3 Å². The second-order valence-corrected chi connectivity index (χ2v) is 11.9. The zero-order chi connectivity index (χ0) is 20.0. The molecule has 2 atom stereocenters. The van der Waals surface area contributed by atoms with Crippen molar-refractivity contribution in [3.05, 3.63) is 51.4 Å². The third kappa shape index (κ3) is 4.16. The summed E-state index contributed by atoms with van der Waals surface area (Å²) in [6.45, 7) is 0. The van der Waals surface area contributed by atoms with E-state index in [-0.39, 0.29) is 10.6 Å². The van der Waals surface area contributed by atoms with Crippen molar-refractivity contribution in [1.82, 2.24) is 0 Å². The first kappa shape index (κ1) is 20.6. The van der Waals surface area contributed by atoms with E-state index in [1.54, 1.807) is 12.1 Å². The fourth-order valence-electron chi connectivity index (χ4n) is 2.95. The van der Waals surface area contributed by atoms with Crippen LogP contribution >= 0.6 is 31.9 Å². The molecule has 2 aromatic rings. The van der Waals surface area contributed by atoms with Gasteiger partial charge in [0.2, 0.25) is 0 Å². The third-order valence-electron chi connectivity index (χ3n) is 4.17. The Morgan fingerprint density at radius 1 is 1.07 bits per heavy atom. The molecule has 1 aliphatic rings. The molecule has 1 heterocycles. The van der Waals surface area contributed by atoms with Crippen molar-refractivity contribution >= 4 is 63.1 Å². The predicted octanol–water partition coefficient (Wildman–Crippen LogP) is 2.15. The maximum absolute atomic E-state index is 13.5. The van der Waals surface area contributed by atoms with Gasteiger partial charge in [0.25, 0.3) is 10.0 Å². The minimum absolute atomic E-state index is 0.0507. The van der Waals surface area contributed by atoms with Crippen molar-refractivity contribution in [3.8, 4) is 0 Å². The van der Waals surface area contributed by atoms with Crippen LogP contribution in [0.15, 0.2) is 56.3 Å². The molecule has 0 bridgehead atoms. The predicted molar refractivity (Wildman–Crippen MR) is 111 cm³/mol. The van der Waals surface area contributed by atoms with Crippen molar-refractivity contribution in [1.29, 1.82) is 0 Å². The molecule has 0 unspecified atom stereocenters. The molecular formula is C16H16Br2N2O5S2. The molecule has 1 aliphatic heterocycles. The summed E-state index contributed by atoms with van der Waals surface area (Å²) in [5.74, 6) is -0.957. The largest absolute Gasteiger partial charge is 0.399 e. The number of nitrogen functional groups attached to an aromatic ring is 1. The molecule has 0 radical (unpaired) electrons. The Balaban J connectivity index is 2.20. The molecule has 0 saturated carbocycles. The van der Waals surface area contributed by atoms with Gasteiger partial charge in [-0.3, -0.25) is 4.31 Å². The smallest absolute Gasteiger partial charge is 0.265 e. The topological polar surface area (TPSA) is 118 Å². The van der Waals surface area contributed by atoms with Gasteiger partial charge in [-0.15, -0.1) is 0 Å². The van der Waals surface area contributed by atoms with E-state index in [4.69, 9.17) is 5.73 Å². The van der Waals surface area contributed by atoms with Crippen LogP contribution in [0.1, 0.15) is 0 Å². The van der Waals surface area contributed by atoms with Crippen molar-refractivity contribution in [2.24, 2.45) is 0 Å². The maximum atomic E-state index is 13.5. The van der Waals surface area contributed by atoms with Crippen LogP contribution in [0.3, 0.4) is 0 Å². The van der Waals surface area contributed by atoms with Crippen LogP contribution in [0.25, 0.3) is 0 Å². The summed E-state index contributed by atoms with van der Waals surface area (Å²) in [6.07, 6.45) is -1.34. The summed E-state index contributed by atoms with van der Waals surface area (Å²) in [5, 5.41) is 10.3. The molecule has 2 aromatic carbocycles. The number of rotatable bonds is 4. The number of aliphatic hydroxyl groups excluding tert-OH is 1. The molecule has 0 aromatic heterocycles. The summed E-state index contributed by atoms with van der Waals surface area (Å²) in [6, 6.07) is 9.51. The Labute approximate surface area is 174 Å². The van der Waals surface area contributed by atoms with Crippen molar-refractivity contribution in [2.75, 3.05) is 21.5 Å². The molecule has 3 N–H and O–H groups in total. The van der Waals surface area contributed by atoms with Gasteiger partial charge in [-0.1, -0.05) is 15.9 Å². The molecule has 1 fully saturated rings.